The summed E-state index contributed by atoms with van der Waals surface area (Å²) in [6.45, 7) is 1.12. The summed E-state index contributed by atoms with van der Waals surface area (Å²) >= 11 is 6.00. The van der Waals surface area contributed by atoms with E-state index in [-0.39, 0.29) is 24.4 Å². The highest BCUT2D eigenvalue weighted by atomic mass is 35.5. The highest BCUT2D eigenvalue weighted by Crippen LogP contribution is 2.31. The van der Waals surface area contributed by atoms with E-state index >= 15 is 0 Å². The fourth-order valence-corrected chi connectivity index (χ4v) is 3.91. The van der Waals surface area contributed by atoms with E-state index in [1.807, 2.05) is 19.3 Å². The van der Waals surface area contributed by atoms with Gasteiger partial charge in [-0.05, 0) is 49.7 Å². The molecule has 1 aromatic heterocycles. The van der Waals surface area contributed by atoms with Crippen LogP contribution in [0.5, 0.6) is 5.75 Å². The second kappa shape index (κ2) is 9.33. The molecule has 1 atom stereocenters. The molecule has 0 bridgehead atoms. The summed E-state index contributed by atoms with van der Waals surface area (Å²) in [6.07, 6.45) is 4.11. The molecule has 0 aliphatic carbocycles. The number of carbonyl (C=O) groups excluding carboxylic acids is 2. The normalized spacial score (nSPS) is 16.6. The van der Waals surface area contributed by atoms with Crippen LogP contribution in [0.1, 0.15) is 24.6 Å². The van der Waals surface area contributed by atoms with Crippen LogP contribution < -0.4 is 10.1 Å². The fraction of sp³-hybridized carbons (Fsp3) is 0.429. The lowest BCUT2D eigenvalue weighted by molar-refractivity contribution is -0.134. The highest BCUT2D eigenvalue weighted by Gasteiger charge is 2.30. The average Bonchev–Trinajstić information content (AvgIpc) is 3.30. The number of hydrogen-bond acceptors (Lipinski definition) is 4. The maximum Gasteiger partial charge on any atom is 0.244 e. The summed E-state index contributed by atoms with van der Waals surface area (Å²) in [7, 11) is 5.19. The standard InChI is InChI=1S/C21H27ClN4O3/c1-24-10-4-6-17(24)18-7-5-11-26(18)14-21(28)25(2)13-20(27)23-16-12-15(22)8-9-19(16)29-3/h4,6,8-10,12,18H,5,7,11,13-14H2,1-3H3,(H,23,27)/t18-/m1/s1. The summed E-state index contributed by atoms with van der Waals surface area (Å²) in [5.74, 6) is 0.125. The summed E-state index contributed by atoms with van der Waals surface area (Å²) < 4.78 is 7.34. The Kier molecular flexibility index (Phi) is 6.82. The predicted molar refractivity (Wildman–Crippen MR) is 113 cm³/mol. The monoisotopic (exact) mass is 418 g/mol. The molecule has 1 aromatic carbocycles. The van der Waals surface area contributed by atoms with Gasteiger partial charge in [-0.15, -0.1) is 0 Å². The molecule has 29 heavy (non-hydrogen) atoms. The number of halogens is 1. The third-order valence-corrected chi connectivity index (χ3v) is 5.50. The van der Waals surface area contributed by atoms with Gasteiger partial charge in [0.1, 0.15) is 5.75 Å². The van der Waals surface area contributed by atoms with Crippen LogP contribution in [0.2, 0.25) is 5.02 Å². The molecule has 1 aliphatic heterocycles. The van der Waals surface area contributed by atoms with Crippen LogP contribution in [0.25, 0.3) is 0 Å². The molecule has 1 N–H and O–H groups in total. The molecule has 7 nitrogen and oxygen atoms in total. The topological polar surface area (TPSA) is 66.8 Å². The van der Waals surface area contributed by atoms with Gasteiger partial charge in [0.15, 0.2) is 0 Å². The van der Waals surface area contributed by atoms with E-state index in [0.29, 0.717) is 23.0 Å². The van der Waals surface area contributed by atoms with Crippen molar-refractivity contribution >= 4 is 29.1 Å². The van der Waals surface area contributed by atoms with Crippen molar-refractivity contribution < 1.29 is 14.3 Å². The number of nitrogens with one attached hydrogen (secondary N) is 1. The van der Waals surface area contributed by atoms with Gasteiger partial charge in [-0.1, -0.05) is 11.6 Å². The van der Waals surface area contributed by atoms with E-state index < -0.39 is 0 Å². The molecule has 0 unspecified atom stereocenters. The number of benzene rings is 1. The molecule has 156 valence electrons. The Morgan fingerprint density at radius 3 is 2.83 bits per heavy atom. The first-order valence-electron chi connectivity index (χ1n) is 9.61. The smallest absolute Gasteiger partial charge is 0.244 e. The lowest BCUT2D eigenvalue weighted by Crippen LogP contribution is -2.41. The molecule has 1 aliphatic rings. The van der Waals surface area contributed by atoms with Crippen molar-refractivity contribution in [1.82, 2.24) is 14.4 Å². The van der Waals surface area contributed by atoms with Crippen molar-refractivity contribution in [3.05, 3.63) is 47.2 Å². The molecule has 1 fully saturated rings. The number of carbonyl (C=O) groups is 2. The number of aromatic nitrogens is 1. The first kappa shape index (κ1) is 21.2. The van der Waals surface area contributed by atoms with Gasteiger partial charge in [0.2, 0.25) is 11.8 Å². The summed E-state index contributed by atoms with van der Waals surface area (Å²) in [6, 6.07) is 9.35. The number of rotatable bonds is 7. The van der Waals surface area contributed by atoms with Gasteiger partial charge >= 0.3 is 0 Å². The lowest BCUT2D eigenvalue weighted by atomic mass is 10.1. The number of likely N-dealkylation sites (N-methyl/N-ethyl adjacent to an activating group) is 1. The van der Waals surface area contributed by atoms with Crippen molar-refractivity contribution in [2.24, 2.45) is 7.05 Å². The van der Waals surface area contributed by atoms with Gasteiger partial charge in [0, 0.05) is 31.0 Å². The van der Waals surface area contributed by atoms with Crippen LogP contribution in [0.3, 0.4) is 0 Å². The molecule has 8 heteroatoms. The van der Waals surface area contributed by atoms with Gasteiger partial charge in [-0.2, -0.15) is 0 Å². The third-order valence-electron chi connectivity index (χ3n) is 5.27. The summed E-state index contributed by atoms with van der Waals surface area (Å²) in [4.78, 5) is 28.8. The van der Waals surface area contributed by atoms with Crippen molar-refractivity contribution in [3.8, 4) is 5.75 Å². The Hall–Kier alpha value is -2.51. The number of hydrogen-bond donors (Lipinski definition) is 1. The zero-order valence-corrected chi connectivity index (χ0v) is 17.8. The molecular weight excluding hydrogens is 392 g/mol. The van der Waals surface area contributed by atoms with E-state index in [9.17, 15) is 9.59 Å². The predicted octanol–water partition coefficient (Wildman–Crippen LogP) is 2.92. The van der Waals surface area contributed by atoms with E-state index in [4.69, 9.17) is 16.3 Å². The lowest BCUT2D eigenvalue weighted by Gasteiger charge is -2.27. The van der Waals surface area contributed by atoms with Crippen molar-refractivity contribution in [3.63, 3.8) is 0 Å². The molecule has 3 rings (SSSR count). The van der Waals surface area contributed by atoms with Crippen LogP contribution in [-0.4, -0.2) is 60.0 Å². The van der Waals surface area contributed by atoms with Crippen LogP contribution in [0, 0.1) is 0 Å². The van der Waals surface area contributed by atoms with Crippen LogP contribution in [-0.2, 0) is 16.6 Å². The van der Waals surface area contributed by atoms with Crippen molar-refractivity contribution in [2.75, 3.05) is 39.1 Å². The number of anilines is 1. The number of aryl methyl sites for hydroxylation is 1. The minimum absolute atomic E-state index is 0.0445. The quantitative estimate of drug-likeness (QED) is 0.750. The molecule has 2 amide bonds. The van der Waals surface area contributed by atoms with Crippen molar-refractivity contribution in [2.45, 2.75) is 18.9 Å². The Balaban J connectivity index is 1.57. The number of nitrogens with zero attached hydrogens (tertiary/aromatic N) is 3. The van der Waals surface area contributed by atoms with Gasteiger partial charge < -0.3 is 19.5 Å². The highest BCUT2D eigenvalue weighted by molar-refractivity contribution is 6.31. The SMILES string of the molecule is COc1ccc(Cl)cc1NC(=O)CN(C)C(=O)CN1CCC[C@@H]1c1cccn1C. The van der Waals surface area contributed by atoms with Crippen LogP contribution >= 0.6 is 11.6 Å². The first-order valence-corrected chi connectivity index (χ1v) is 9.99. The molecule has 0 radical (unpaired) electrons. The van der Waals surface area contributed by atoms with Gasteiger partial charge in [-0.3, -0.25) is 14.5 Å². The molecule has 0 spiro atoms. The Bertz CT molecular complexity index is 883. The Labute approximate surface area is 176 Å². The zero-order chi connectivity index (χ0) is 21.0. The maximum atomic E-state index is 12.7. The van der Waals surface area contributed by atoms with E-state index in [0.717, 1.165) is 19.4 Å². The minimum atomic E-state index is -0.304. The van der Waals surface area contributed by atoms with E-state index in [1.54, 1.807) is 25.2 Å². The molecule has 2 heterocycles. The fourth-order valence-electron chi connectivity index (χ4n) is 3.74. The van der Waals surface area contributed by atoms with Gasteiger partial charge in [-0.25, -0.2) is 0 Å². The Morgan fingerprint density at radius 1 is 1.34 bits per heavy atom. The van der Waals surface area contributed by atoms with E-state index in [1.165, 1.54) is 17.7 Å². The largest absolute Gasteiger partial charge is 0.495 e. The van der Waals surface area contributed by atoms with Crippen molar-refractivity contribution in [1.29, 1.82) is 0 Å². The number of ether oxygens (including phenoxy) is 1. The zero-order valence-electron chi connectivity index (χ0n) is 17.0. The second-order valence-corrected chi connectivity index (χ2v) is 7.75. The van der Waals surface area contributed by atoms with Gasteiger partial charge in [0.25, 0.3) is 0 Å². The molecule has 0 saturated carbocycles. The maximum absolute atomic E-state index is 12.7. The van der Waals surface area contributed by atoms with Gasteiger partial charge in [0.05, 0.1) is 31.9 Å². The molecule has 2 aromatic rings. The van der Waals surface area contributed by atoms with E-state index in [2.05, 4.69) is 20.9 Å². The number of likely N-dealkylation sites (tertiary alicyclic amines) is 1. The average molecular weight is 419 g/mol. The minimum Gasteiger partial charge on any atom is -0.495 e. The number of amides is 2. The summed E-state index contributed by atoms with van der Waals surface area (Å²) in [5, 5.41) is 3.25. The number of methoxy groups -OCH3 is 1. The molecular formula is C21H27ClN4O3. The van der Waals surface area contributed by atoms with Crippen LogP contribution in [0.4, 0.5) is 5.69 Å². The summed E-state index contributed by atoms with van der Waals surface area (Å²) in [5.41, 5.74) is 1.69. The third kappa shape index (κ3) is 5.10. The van der Waals surface area contributed by atoms with Crippen LogP contribution in [0.15, 0.2) is 36.5 Å². The second-order valence-electron chi connectivity index (χ2n) is 7.32. The Morgan fingerprint density at radius 2 is 2.14 bits per heavy atom. The molecule has 1 saturated heterocycles. The first-order chi connectivity index (χ1) is 13.9.